The van der Waals surface area contributed by atoms with Crippen LogP contribution in [0.5, 0.6) is 0 Å². The lowest BCUT2D eigenvalue weighted by atomic mass is 9.95. The highest BCUT2D eigenvalue weighted by atomic mass is 16.6. The van der Waals surface area contributed by atoms with Crippen molar-refractivity contribution in [3.8, 4) is 0 Å². The average Bonchev–Trinajstić information content (AvgIpc) is 3.14. The van der Waals surface area contributed by atoms with Crippen LogP contribution in [0.25, 0.3) is 0 Å². The van der Waals surface area contributed by atoms with Crippen molar-refractivity contribution in [2.75, 3.05) is 31.1 Å². The Labute approximate surface area is 278 Å². The second-order valence-electron chi connectivity index (χ2n) is 12.7. The van der Waals surface area contributed by atoms with Gasteiger partial charge >= 0.3 is 12.1 Å². The maximum atomic E-state index is 14.2. The van der Waals surface area contributed by atoms with Crippen LogP contribution >= 0.6 is 0 Å². The zero-order chi connectivity index (χ0) is 33.8. The number of nitrogens with one attached hydrogen (secondary N) is 1. The van der Waals surface area contributed by atoms with Crippen molar-refractivity contribution in [1.29, 1.82) is 0 Å². The molecule has 1 aliphatic rings. The van der Waals surface area contributed by atoms with E-state index >= 15 is 0 Å². The van der Waals surface area contributed by atoms with E-state index in [0.29, 0.717) is 17.8 Å². The summed E-state index contributed by atoms with van der Waals surface area (Å²) in [6.45, 7) is 7.98. The van der Waals surface area contributed by atoms with Gasteiger partial charge in [-0.3, -0.25) is 19.3 Å². The molecule has 0 fully saturated rings. The first-order valence-electron chi connectivity index (χ1n) is 16.5. The van der Waals surface area contributed by atoms with Crippen LogP contribution in [0.15, 0.2) is 78.9 Å². The van der Waals surface area contributed by atoms with Crippen molar-refractivity contribution < 1.29 is 28.7 Å². The molecule has 9 heteroatoms. The lowest BCUT2D eigenvalue weighted by Crippen LogP contribution is -2.42. The minimum absolute atomic E-state index is 0.00542. The van der Waals surface area contributed by atoms with Crippen LogP contribution in [0.2, 0.25) is 0 Å². The number of esters is 1. The van der Waals surface area contributed by atoms with Crippen molar-refractivity contribution in [3.05, 3.63) is 101 Å². The third-order valence-corrected chi connectivity index (χ3v) is 7.87. The SMILES string of the molecule is CCOC(=O)CCN1CC(=O)N(C(c2ccccc2)c2ccccc2)c2ccc(CCCCCCNC(=O)OC(C)(C)C)cc2C1=O. The highest BCUT2D eigenvalue weighted by Gasteiger charge is 2.37. The normalized spacial score (nSPS) is 13.3. The Kier molecular flexibility index (Phi) is 12.6. The fourth-order valence-electron chi connectivity index (χ4n) is 5.73. The van der Waals surface area contributed by atoms with Gasteiger partial charge in [0.1, 0.15) is 12.1 Å². The van der Waals surface area contributed by atoms with Gasteiger partial charge in [-0.1, -0.05) is 79.6 Å². The maximum Gasteiger partial charge on any atom is 0.407 e. The Morgan fingerprint density at radius 3 is 2.13 bits per heavy atom. The molecule has 0 radical (unpaired) electrons. The molecule has 1 aliphatic heterocycles. The predicted molar refractivity (Wildman–Crippen MR) is 182 cm³/mol. The number of carbonyl (C=O) groups excluding carboxylic acids is 4. The number of ether oxygens (including phenoxy) is 2. The number of carbonyl (C=O) groups is 4. The van der Waals surface area contributed by atoms with Gasteiger partial charge in [0.2, 0.25) is 5.91 Å². The van der Waals surface area contributed by atoms with Crippen LogP contribution in [-0.4, -0.2) is 60.6 Å². The largest absolute Gasteiger partial charge is 0.466 e. The summed E-state index contributed by atoms with van der Waals surface area (Å²) in [5.74, 6) is -0.919. The molecular formula is C38H47N3O6. The minimum atomic E-state index is -0.522. The molecule has 0 aliphatic carbocycles. The van der Waals surface area contributed by atoms with Gasteiger partial charge in [-0.25, -0.2) is 4.79 Å². The summed E-state index contributed by atoms with van der Waals surface area (Å²) in [5, 5.41) is 2.80. The topological polar surface area (TPSA) is 105 Å². The molecule has 250 valence electrons. The predicted octanol–water partition coefficient (Wildman–Crippen LogP) is 6.85. The maximum absolute atomic E-state index is 14.2. The minimum Gasteiger partial charge on any atom is -0.466 e. The highest BCUT2D eigenvalue weighted by molar-refractivity contribution is 6.10. The summed E-state index contributed by atoms with van der Waals surface area (Å²) >= 11 is 0. The molecule has 3 amide bonds. The Bertz CT molecular complexity index is 1460. The van der Waals surface area contributed by atoms with E-state index in [1.807, 2.05) is 99.6 Å². The van der Waals surface area contributed by atoms with Crippen molar-refractivity contribution in [2.45, 2.75) is 77.9 Å². The van der Waals surface area contributed by atoms with E-state index in [9.17, 15) is 19.2 Å². The number of alkyl carbamates (subject to hydrolysis) is 1. The quantitative estimate of drug-likeness (QED) is 0.153. The van der Waals surface area contributed by atoms with Crippen molar-refractivity contribution in [2.24, 2.45) is 0 Å². The lowest BCUT2D eigenvalue weighted by Gasteiger charge is -2.33. The molecule has 0 saturated heterocycles. The molecule has 1 heterocycles. The van der Waals surface area contributed by atoms with Crippen LogP contribution < -0.4 is 10.2 Å². The third-order valence-electron chi connectivity index (χ3n) is 7.87. The fraction of sp³-hybridized carbons (Fsp3) is 0.421. The average molecular weight is 642 g/mol. The van der Waals surface area contributed by atoms with Crippen molar-refractivity contribution in [3.63, 3.8) is 0 Å². The summed E-state index contributed by atoms with van der Waals surface area (Å²) < 4.78 is 10.4. The molecular weight excluding hydrogens is 594 g/mol. The standard InChI is InChI=1S/C38H47N3O6/c1-5-46-34(43)23-25-40-27-33(42)41(35(29-17-11-8-12-18-29)30-19-13-9-14-20-30)32-22-21-28(26-31(32)36(40)44)16-10-6-7-15-24-39-37(45)47-38(2,3)4/h8-9,11-14,17-22,26,35H,5-7,10,15-16,23-25,27H2,1-4H3,(H,39,45). The van der Waals surface area contributed by atoms with Crippen molar-refractivity contribution in [1.82, 2.24) is 10.2 Å². The molecule has 4 rings (SSSR count). The van der Waals surface area contributed by atoms with Crippen LogP contribution in [0.4, 0.5) is 10.5 Å². The molecule has 9 nitrogen and oxygen atoms in total. The van der Waals surface area contributed by atoms with E-state index in [4.69, 9.17) is 9.47 Å². The number of amides is 3. The van der Waals surface area contributed by atoms with Gasteiger partial charge in [-0.15, -0.1) is 0 Å². The number of hydrogen-bond acceptors (Lipinski definition) is 6. The highest BCUT2D eigenvalue weighted by Crippen LogP contribution is 2.37. The smallest absolute Gasteiger partial charge is 0.407 e. The van der Waals surface area contributed by atoms with Crippen LogP contribution in [-0.2, 0) is 25.5 Å². The van der Waals surface area contributed by atoms with E-state index < -0.39 is 23.7 Å². The zero-order valence-corrected chi connectivity index (χ0v) is 28.0. The Morgan fingerprint density at radius 2 is 1.51 bits per heavy atom. The van der Waals surface area contributed by atoms with Gasteiger partial charge in [0.05, 0.1) is 30.3 Å². The molecule has 0 atom stereocenters. The molecule has 3 aromatic carbocycles. The van der Waals surface area contributed by atoms with Gasteiger partial charge < -0.3 is 19.7 Å². The number of benzene rings is 3. The number of rotatable bonds is 14. The Balaban J connectivity index is 1.55. The van der Waals surface area contributed by atoms with Crippen molar-refractivity contribution >= 4 is 29.6 Å². The first kappa shape index (κ1) is 35.2. The van der Waals surface area contributed by atoms with Gasteiger partial charge in [-0.2, -0.15) is 0 Å². The number of hydrogen-bond donors (Lipinski definition) is 1. The van der Waals surface area contributed by atoms with Crippen LogP contribution in [0.1, 0.15) is 92.9 Å². The molecule has 0 aromatic heterocycles. The van der Waals surface area contributed by atoms with E-state index in [-0.39, 0.29) is 37.9 Å². The number of fused-ring (bicyclic) bond motifs is 1. The second-order valence-corrected chi connectivity index (χ2v) is 12.7. The third kappa shape index (κ3) is 10.2. The lowest BCUT2D eigenvalue weighted by molar-refractivity contribution is -0.143. The fourth-order valence-corrected chi connectivity index (χ4v) is 5.73. The van der Waals surface area contributed by atoms with E-state index in [0.717, 1.165) is 48.8 Å². The Morgan fingerprint density at radius 1 is 0.872 bits per heavy atom. The van der Waals surface area contributed by atoms with E-state index in [1.54, 1.807) is 11.8 Å². The van der Waals surface area contributed by atoms with Gasteiger partial charge in [0, 0.05) is 13.1 Å². The summed E-state index contributed by atoms with van der Waals surface area (Å²) in [5.41, 5.74) is 3.32. The van der Waals surface area contributed by atoms with Crippen LogP contribution in [0.3, 0.4) is 0 Å². The van der Waals surface area contributed by atoms with Gasteiger partial charge in [0.25, 0.3) is 5.91 Å². The second kappa shape index (κ2) is 16.8. The first-order valence-corrected chi connectivity index (χ1v) is 16.5. The van der Waals surface area contributed by atoms with E-state index in [1.165, 1.54) is 4.90 Å². The number of anilines is 1. The van der Waals surface area contributed by atoms with Gasteiger partial charge in [-0.05, 0) is 75.8 Å². The summed E-state index contributed by atoms with van der Waals surface area (Å²) in [4.78, 5) is 55.5. The molecule has 3 aromatic rings. The zero-order valence-electron chi connectivity index (χ0n) is 28.0. The summed E-state index contributed by atoms with van der Waals surface area (Å²) in [7, 11) is 0. The monoisotopic (exact) mass is 641 g/mol. The molecule has 0 bridgehead atoms. The molecule has 0 unspecified atom stereocenters. The Hall–Kier alpha value is -4.66. The summed E-state index contributed by atoms with van der Waals surface area (Å²) in [6, 6.07) is 25.0. The molecule has 47 heavy (non-hydrogen) atoms. The molecule has 0 spiro atoms. The van der Waals surface area contributed by atoms with Crippen LogP contribution in [0, 0.1) is 0 Å². The number of nitrogens with zero attached hydrogens (tertiary/aromatic N) is 2. The molecule has 0 saturated carbocycles. The summed E-state index contributed by atoms with van der Waals surface area (Å²) in [6.07, 6.45) is 4.02. The first-order chi connectivity index (χ1) is 22.6. The number of aryl methyl sites for hydroxylation is 1. The van der Waals surface area contributed by atoms with Gasteiger partial charge in [0.15, 0.2) is 0 Å². The van der Waals surface area contributed by atoms with E-state index in [2.05, 4.69) is 5.32 Å². The molecule has 1 N–H and O–H groups in total. The number of unbranched alkanes of at least 4 members (excludes halogenated alkanes) is 3.